The fraction of sp³-hybridized carbons (Fsp3) is 0.257. The highest BCUT2D eigenvalue weighted by atomic mass is 35.5. The van der Waals surface area contributed by atoms with E-state index in [1.54, 1.807) is 36.4 Å². The summed E-state index contributed by atoms with van der Waals surface area (Å²) in [4.78, 5) is 29.7. The van der Waals surface area contributed by atoms with Crippen LogP contribution < -0.4 is 9.62 Å². The third-order valence-electron chi connectivity index (χ3n) is 7.16. The van der Waals surface area contributed by atoms with Crippen molar-refractivity contribution >= 4 is 39.1 Å². The van der Waals surface area contributed by atoms with Crippen LogP contribution in [0.2, 0.25) is 5.02 Å². The highest BCUT2D eigenvalue weighted by molar-refractivity contribution is 7.92. The first kappa shape index (κ1) is 32.8. The number of carbonyl (C=O) groups excluding carboxylic acids is 2. The van der Waals surface area contributed by atoms with Gasteiger partial charge in [0.05, 0.1) is 15.6 Å². The number of benzene rings is 4. The number of amides is 2. The fourth-order valence-electron chi connectivity index (χ4n) is 4.76. The summed E-state index contributed by atoms with van der Waals surface area (Å²) in [5, 5.41) is 3.17. The van der Waals surface area contributed by atoms with E-state index in [1.807, 2.05) is 81.4 Å². The molecule has 0 saturated carbocycles. The molecule has 44 heavy (non-hydrogen) atoms. The number of hydrogen-bond donors (Lipinski definition) is 1. The van der Waals surface area contributed by atoms with E-state index in [1.165, 1.54) is 17.0 Å². The van der Waals surface area contributed by atoms with Crippen molar-refractivity contribution in [1.29, 1.82) is 0 Å². The van der Waals surface area contributed by atoms with Crippen LogP contribution in [0, 0.1) is 12.8 Å². The Morgan fingerprint density at radius 1 is 0.795 bits per heavy atom. The summed E-state index contributed by atoms with van der Waals surface area (Å²) in [6, 6.07) is 30.9. The number of nitrogens with one attached hydrogen (secondary N) is 1. The zero-order valence-electron chi connectivity index (χ0n) is 25.2. The molecule has 7 nitrogen and oxygen atoms in total. The third kappa shape index (κ3) is 8.49. The van der Waals surface area contributed by atoms with Gasteiger partial charge in [-0.25, -0.2) is 8.42 Å². The molecule has 9 heteroatoms. The van der Waals surface area contributed by atoms with Crippen molar-refractivity contribution in [3.8, 4) is 0 Å². The van der Waals surface area contributed by atoms with E-state index in [9.17, 15) is 18.0 Å². The lowest BCUT2D eigenvalue weighted by molar-refractivity contribution is -0.140. The summed E-state index contributed by atoms with van der Waals surface area (Å²) in [6.07, 6.45) is 0.250. The van der Waals surface area contributed by atoms with Gasteiger partial charge in [-0.05, 0) is 48.2 Å². The molecule has 4 aromatic carbocycles. The molecule has 230 valence electrons. The Morgan fingerprint density at radius 3 is 1.95 bits per heavy atom. The van der Waals surface area contributed by atoms with Crippen molar-refractivity contribution < 1.29 is 18.0 Å². The normalized spacial score (nSPS) is 12.0. The maximum Gasteiger partial charge on any atom is 0.264 e. The minimum Gasteiger partial charge on any atom is -0.354 e. The van der Waals surface area contributed by atoms with Gasteiger partial charge in [0, 0.05) is 19.5 Å². The van der Waals surface area contributed by atoms with Gasteiger partial charge in [0.15, 0.2) is 0 Å². The van der Waals surface area contributed by atoms with Gasteiger partial charge in [-0.1, -0.05) is 116 Å². The standard InChI is InChI=1S/C35H38ClN3O4S/c1-26(2)23-37-35(41)33(22-28-12-6-4-7-13-28)38(24-29-14-8-5-9-15-29)34(40)25-39(32-17-11-10-16-31(32)36)44(42,43)30-20-18-27(3)19-21-30/h4-21,26,33H,22-25H2,1-3H3,(H,37,41). The summed E-state index contributed by atoms with van der Waals surface area (Å²) in [6.45, 7) is 5.84. The summed E-state index contributed by atoms with van der Waals surface area (Å²) in [7, 11) is -4.22. The van der Waals surface area contributed by atoms with Gasteiger partial charge in [-0.2, -0.15) is 0 Å². The Hall–Kier alpha value is -4.14. The molecule has 1 unspecified atom stereocenters. The van der Waals surface area contributed by atoms with Crippen LogP contribution in [-0.2, 0) is 32.6 Å². The van der Waals surface area contributed by atoms with Crippen molar-refractivity contribution in [2.75, 3.05) is 17.4 Å². The molecule has 1 N–H and O–H groups in total. The number of aryl methyl sites for hydroxylation is 1. The minimum atomic E-state index is -4.22. The molecular formula is C35H38ClN3O4S. The number of para-hydroxylation sites is 1. The topological polar surface area (TPSA) is 86.8 Å². The summed E-state index contributed by atoms with van der Waals surface area (Å²) in [5.41, 5.74) is 2.75. The fourth-order valence-corrected chi connectivity index (χ4v) is 6.48. The first-order valence-corrected chi connectivity index (χ1v) is 16.4. The van der Waals surface area contributed by atoms with Crippen LogP contribution in [0.5, 0.6) is 0 Å². The Morgan fingerprint density at radius 2 is 1.36 bits per heavy atom. The molecule has 1 atom stereocenters. The van der Waals surface area contributed by atoms with Gasteiger partial charge in [0.1, 0.15) is 12.6 Å². The molecule has 0 fully saturated rings. The van der Waals surface area contributed by atoms with Gasteiger partial charge >= 0.3 is 0 Å². The molecule has 0 heterocycles. The van der Waals surface area contributed by atoms with Gasteiger partial charge in [0.25, 0.3) is 10.0 Å². The van der Waals surface area contributed by atoms with E-state index >= 15 is 0 Å². The number of anilines is 1. The second kappa shape index (κ2) is 15.0. The quantitative estimate of drug-likeness (QED) is 0.189. The van der Waals surface area contributed by atoms with Crippen molar-refractivity contribution in [3.05, 3.63) is 131 Å². The molecule has 0 bridgehead atoms. The van der Waals surface area contributed by atoms with Gasteiger partial charge < -0.3 is 10.2 Å². The molecule has 0 aromatic heterocycles. The lowest BCUT2D eigenvalue weighted by atomic mass is 10.0. The average molecular weight is 632 g/mol. The second-order valence-electron chi connectivity index (χ2n) is 11.1. The number of hydrogen-bond acceptors (Lipinski definition) is 4. The monoisotopic (exact) mass is 631 g/mol. The number of rotatable bonds is 13. The molecular weight excluding hydrogens is 594 g/mol. The first-order valence-electron chi connectivity index (χ1n) is 14.5. The predicted molar refractivity (Wildman–Crippen MR) is 176 cm³/mol. The van der Waals surface area contributed by atoms with Crippen LogP contribution >= 0.6 is 11.6 Å². The minimum absolute atomic E-state index is 0.0286. The van der Waals surface area contributed by atoms with E-state index < -0.39 is 28.5 Å². The highest BCUT2D eigenvalue weighted by Gasteiger charge is 2.35. The maximum absolute atomic E-state index is 14.4. The average Bonchev–Trinajstić information content (AvgIpc) is 3.02. The van der Waals surface area contributed by atoms with Crippen molar-refractivity contribution in [1.82, 2.24) is 10.2 Å². The SMILES string of the molecule is Cc1ccc(S(=O)(=O)N(CC(=O)N(Cc2ccccc2)C(Cc2ccccc2)C(=O)NCC(C)C)c2ccccc2Cl)cc1. The third-order valence-corrected chi connectivity index (χ3v) is 9.25. The van der Waals surface area contributed by atoms with Crippen molar-refractivity contribution in [3.63, 3.8) is 0 Å². The van der Waals surface area contributed by atoms with Crippen LogP contribution in [0.15, 0.2) is 114 Å². The Bertz CT molecular complexity index is 1650. The molecule has 0 aliphatic heterocycles. The van der Waals surface area contributed by atoms with E-state index in [0.717, 1.165) is 21.0 Å². The number of carbonyl (C=O) groups is 2. The Balaban J connectivity index is 1.79. The van der Waals surface area contributed by atoms with E-state index in [4.69, 9.17) is 11.6 Å². The lowest BCUT2D eigenvalue weighted by Gasteiger charge is -2.34. The van der Waals surface area contributed by atoms with Gasteiger partial charge in [-0.15, -0.1) is 0 Å². The molecule has 0 spiro atoms. The molecule has 4 rings (SSSR count). The van der Waals surface area contributed by atoms with E-state index in [-0.39, 0.29) is 40.4 Å². The largest absolute Gasteiger partial charge is 0.354 e. The molecule has 0 aliphatic carbocycles. The number of sulfonamides is 1. The Labute approximate surface area is 265 Å². The lowest BCUT2D eigenvalue weighted by Crippen LogP contribution is -2.53. The zero-order chi connectivity index (χ0) is 31.7. The highest BCUT2D eigenvalue weighted by Crippen LogP contribution is 2.31. The van der Waals surface area contributed by atoms with Crippen molar-refractivity contribution in [2.24, 2.45) is 5.92 Å². The second-order valence-corrected chi connectivity index (χ2v) is 13.4. The smallest absolute Gasteiger partial charge is 0.264 e. The molecule has 4 aromatic rings. The van der Waals surface area contributed by atoms with Crippen molar-refractivity contribution in [2.45, 2.75) is 44.7 Å². The van der Waals surface area contributed by atoms with Crippen LogP contribution in [-0.4, -0.2) is 44.3 Å². The van der Waals surface area contributed by atoms with Crippen LogP contribution in [0.4, 0.5) is 5.69 Å². The number of halogens is 1. The first-order chi connectivity index (χ1) is 21.1. The summed E-state index contributed by atoms with van der Waals surface area (Å²) in [5.74, 6) is -0.646. The van der Waals surface area contributed by atoms with Gasteiger partial charge in [-0.3, -0.25) is 13.9 Å². The van der Waals surface area contributed by atoms with Gasteiger partial charge in [0.2, 0.25) is 11.8 Å². The Kier molecular flexibility index (Phi) is 11.2. The number of nitrogens with zero attached hydrogens (tertiary/aromatic N) is 2. The van der Waals surface area contributed by atoms with E-state index in [0.29, 0.717) is 6.54 Å². The summed E-state index contributed by atoms with van der Waals surface area (Å²) < 4.78 is 29.2. The molecule has 0 aliphatic rings. The van der Waals surface area contributed by atoms with Crippen LogP contribution in [0.1, 0.15) is 30.5 Å². The summed E-state index contributed by atoms with van der Waals surface area (Å²) >= 11 is 6.53. The zero-order valence-corrected chi connectivity index (χ0v) is 26.8. The maximum atomic E-state index is 14.4. The molecule has 0 saturated heterocycles. The van der Waals surface area contributed by atoms with E-state index in [2.05, 4.69) is 5.32 Å². The van der Waals surface area contributed by atoms with Crippen LogP contribution in [0.25, 0.3) is 0 Å². The molecule has 2 amide bonds. The van der Waals surface area contributed by atoms with Crippen LogP contribution in [0.3, 0.4) is 0 Å². The molecule has 0 radical (unpaired) electrons. The predicted octanol–water partition coefficient (Wildman–Crippen LogP) is 6.26.